The first-order valence-electron chi connectivity index (χ1n) is 5.54. The molecule has 0 fully saturated rings. The average molecular weight is 297 g/mol. The molecular weight excluding hydrogens is 284 g/mol. The second kappa shape index (κ2) is 6.00. The summed E-state index contributed by atoms with van der Waals surface area (Å²) in [6.45, 7) is -0.312. The Labute approximate surface area is 116 Å². The Morgan fingerprint density at radius 1 is 1.40 bits per heavy atom. The van der Waals surface area contributed by atoms with E-state index in [0.717, 1.165) is 6.07 Å². The fourth-order valence-electron chi connectivity index (χ4n) is 1.24. The molecule has 0 aliphatic rings. The van der Waals surface area contributed by atoms with E-state index in [1.165, 1.54) is 25.1 Å². The minimum Gasteiger partial charge on any atom is -0.861 e. The van der Waals surface area contributed by atoms with E-state index in [0.29, 0.717) is 0 Å². The highest BCUT2D eigenvalue weighted by Crippen LogP contribution is 2.20. The number of sulfonamides is 1. The number of nitriles is 1. The van der Waals surface area contributed by atoms with Crippen molar-refractivity contribution in [2.45, 2.75) is 11.8 Å². The molecule has 0 saturated heterocycles. The van der Waals surface area contributed by atoms with Crippen molar-refractivity contribution in [3.8, 4) is 6.07 Å². The summed E-state index contributed by atoms with van der Waals surface area (Å²) in [5, 5.41) is 38.7. The van der Waals surface area contributed by atoms with E-state index in [-0.39, 0.29) is 5.56 Å². The molecule has 0 amide bonds. The molecule has 108 valence electrons. The fourth-order valence-corrected chi connectivity index (χ4v) is 2.42. The summed E-state index contributed by atoms with van der Waals surface area (Å²) >= 11 is 0. The summed E-state index contributed by atoms with van der Waals surface area (Å²) in [4.78, 5) is -0.394. The number of hydrogen-bond acceptors (Lipinski definition) is 6. The predicted molar refractivity (Wildman–Crippen MR) is 68.1 cm³/mol. The Bertz CT molecular complexity index is 657. The maximum Gasteiger partial charge on any atom is 0.282 e. The van der Waals surface area contributed by atoms with Crippen molar-refractivity contribution in [3.05, 3.63) is 29.8 Å². The lowest BCUT2D eigenvalue weighted by Crippen LogP contribution is -2.43. The molecule has 0 atom stereocenters. The zero-order valence-corrected chi connectivity index (χ0v) is 11.5. The van der Waals surface area contributed by atoms with E-state index >= 15 is 0 Å². The van der Waals surface area contributed by atoms with Crippen LogP contribution in [0.15, 0.2) is 33.6 Å². The Balaban J connectivity index is 3.36. The summed E-state index contributed by atoms with van der Waals surface area (Å²) < 4.78 is 27.1. The Morgan fingerprint density at radius 3 is 2.45 bits per heavy atom. The van der Waals surface area contributed by atoms with Crippen molar-refractivity contribution in [2.24, 2.45) is 9.81 Å². The quantitative estimate of drug-likeness (QED) is 0.528. The van der Waals surface area contributed by atoms with E-state index in [4.69, 9.17) is 15.5 Å². The molecule has 0 aliphatic carbocycles. The summed E-state index contributed by atoms with van der Waals surface area (Å²) in [5.41, 5.74) is -1.83. The van der Waals surface area contributed by atoms with E-state index in [1.807, 2.05) is 0 Å². The molecule has 8 heteroatoms. The van der Waals surface area contributed by atoms with Crippen LogP contribution in [0.2, 0.25) is 0 Å². The first-order chi connectivity index (χ1) is 9.30. The highest BCUT2D eigenvalue weighted by molar-refractivity contribution is 7.90. The number of hydrogen-bond donors (Lipinski definition) is 2. The predicted octanol–water partition coefficient (Wildman–Crippen LogP) is -1.00. The van der Waals surface area contributed by atoms with Crippen LogP contribution in [0.25, 0.3) is 0 Å². The van der Waals surface area contributed by atoms with E-state index in [9.17, 15) is 13.5 Å². The van der Waals surface area contributed by atoms with Crippen LogP contribution in [0.5, 0.6) is 0 Å². The standard InChI is InChI=1S/C12H14N2O5S/c1-12(7-15,8-16)11(17)14-20(18,19)10-5-3-2-4-9(10)6-13/h2-5,15-16H,7-8H2,1H3,(H,14,17)/p-1. The summed E-state index contributed by atoms with van der Waals surface area (Å²) in [6, 6.07) is 7.00. The van der Waals surface area contributed by atoms with Crippen molar-refractivity contribution in [1.82, 2.24) is 0 Å². The van der Waals surface area contributed by atoms with Gasteiger partial charge in [-0.3, -0.25) is 0 Å². The van der Waals surface area contributed by atoms with Crippen LogP contribution in [-0.2, 0) is 10.0 Å². The second-order valence-corrected chi connectivity index (χ2v) is 5.93. The van der Waals surface area contributed by atoms with Crippen LogP contribution in [-0.4, -0.2) is 37.7 Å². The van der Waals surface area contributed by atoms with Gasteiger partial charge in [-0.2, -0.15) is 18.1 Å². The largest absolute Gasteiger partial charge is 0.861 e. The van der Waals surface area contributed by atoms with E-state index in [2.05, 4.69) is 4.40 Å². The van der Waals surface area contributed by atoms with Gasteiger partial charge in [0, 0.05) is 5.41 Å². The molecule has 1 aromatic carbocycles. The smallest absolute Gasteiger partial charge is 0.282 e. The van der Waals surface area contributed by atoms with Gasteiger partial charge >= 0.3 is 0 Å². The molecular formula is C12H13N2O5S-. The van der Waals surface area contributed by atoms with Crippen LogP contribution < -0.4 is 5.11 Å². The first-order valence-corrected chi connectivity index (χ1v) is 6.98. The molecule has 0 aromatic heterocycles. The molecule has 20 heavy (non-hydrogen) atoms. The molecule has 0 heterocycles. The minimum atomic E-state index is -4.37. The SMILES string of the molecule is CC(CO)(CO)/C([O-])=N/S(=O)(=O)c1ccccc1C#N. The number of nitrogens with zero attached hydrogens (tertiary/aromatic N) is 2. The molecule has 0 radical (unpaired) electrons. The summed E-state index contributed by atoms with van der Waals surface area (Å²) in [6.07, 6.45) is 0. The van der Waals surface area contributed by atoms with Gasteiger partial charge in [0.1, 0.15) is 11.0 Å². The van der Waals surface area contributed by atoms with E-state index in [1.54, 1.807) is 6.07 Å². The Kier molecular flexibility index (Phi) is 4.83. The lowest BCUT2D eigenvalue weighted by Gasteiger charge is -2.30. The Hall–Kier alpha value is -1.95. The van der Waals surface area contributed by atoms with Gasteiger partial charge in [-0.25, -0.2) is 0 Å². The van der Waals surface area contributed by atoms with Crippen LogP contribution in [0, 0.1) is 16.7 Å². The summed E-state index contributed by atoms with van der Waals surface area (Å²) in [7, 11) is -4.37. The molecule has 0 aliphatic heterocycles. The lowest BCUT2D eigenvalue weighted by molar-refractivity contribution is -0.233. The van der Waals surface area contributed by atoms with Crippen molar-refractivity contribution in [2.75, 3.05) is 13.2 Å². The third kappa shape index (κ3) is 3.14. The third-order valence-electron chi connectivity index (χ3n) is 2.70. The van der Waals surface area contributed by atoms with Gasteiger partial charge in [0.25, 0.3) is 10.0 Å². The Morgan fingerprint density at radius 2 is 1.95 bits per heavy atom. The van der Waals surface area contributed by atoms with Crippen molar-refractivity contribution < 1.29 is 23.7 Å². The molecule has 0 saturated carbocycles. The van der Waals surface area contributed by atoms with Crippen molar-refractivity contribution in [1.29, 1.82) is 5.26 Å². The fraction of sp³-hybridized carbons (Fsp3) is 0.333. The van der Waals surface area contributed by atoms with Crippen molar-refractivity contribution >= 4 is 15.9 Å². The number of aliphatic hydroxyl groups excluding tert-OH is 2. The first kappa shape index (κ1) is 16.1. The maximum absolute atomic E-state index is 12.0. The van der Waals surface area contributed by atoms with Crippen molar-refractivity contribution in [3.63, 3.8) is 0 Å². The van der Waals surface area contributed by atoms with Gasteiger partial charge in [-0.1, -0.05) is 19.1 Å². The van der Waals surface area contributed by atoms with Crippen LogP contribution >= 0.6 is 0 Å². The van der Waals surface area contributed by atoms with Gasteiger partial charge in [0.05, 0.1) is 18.8 Å². The number of rotatable bonds is 5. The third-order valence-corrected chi connectivity index (χ3v) is 4.02. The van der Waals surface area contributed by atoms with Gasteiger partial charge < -0.3 is 15.3 Å². The molecule has 0 spiro atoms. The zero-order valence-electron chi connectivity index (χ0n) is 10.6. The monoisotopic (exact) mass is 297 g/mol. The molecule has 7 nitrogen and oxygen atoms in total. The molecule has 0 bridgehead atoms. The number of benzene rings is 1. The second-order valence-electron chi connectivity index (χ2n) is 4.36. The number of aliphatic hydroxyl groups is 2. The van der Waals surface area contributed by atoms with Gasteiger partial charge in [-0.05, 0) is 18.0 Å². The van der Waals surface area contributed by atoms with Crippen LogP contribution in [0.1, 0.15) is 12.5 Å². The van der Waals surface area contributed by atoms with Gasteiger partial charge in [-0.15, -0.1) is 0 Å². The molecule has 1 aromatic rings. The van der Waals surface area contributed by atoms with Gasteiger partial charge in [0.15, 0.2) is 0 Å². The molecule has 0 unspecified atom stereocenters. The summed E-state index contributed by atoms with van der Waals surface area (Å²) in [5.74, 6) is -1.17. The highest BCUT2D eigenvalue weighted by Gasteiger charge is 2.26. The normalized spacial score (nSPS) is 13.0. The van der Waals surface area contributed by atoms with E-state index < -0.39 is 39.4 Å². The van der Waals surface area contributed by atoms with Gasteiger partial charge in [0.2, 0.25) is 0 Å². The van der Waals surface area contributed by atoms with Crippen LogP contribution in [0.3, 0.4) is 0 Å². The maximum atomic E-state index is 12.0. The highest BCUT2D eigenvalue weighted by atomic mass is 32.2. The minimum absolute atomic E-state index is 0.140. The lowest BCUT2D eigenvalue weighted by atomic mass is 9.93. The zero-order chi connectivity index (χ0) is 15.4. The molecule has 2 N–H and O–H groups in total. The molecule has 1 rings (SSSR count). The average Bonchev–Trinajstić information content (AvgIpc) is 2.45. The van der Waals surface area contributed by atoms with Crippen LogP contribution in [0.4, 0.5) is 0 Å². The topological polar surface area (TPSA) is 134 Å².